The first-order chi connectivity index (χ1) is 15.7. The van der Waals surface area contributed by atoms with Gasteiger partial charge in [-0.15, -0.1) is 10.2 Å². The Morgan fingerprint density at radius 3 is 2.72 bits per heavy atom. The number of aromatic carboxylic acids is 1. The highest BCUT2D eigenvalue weighted by molar-refractivity contribution is 6.00. The van der Waals surface area contributed by atoms with Gasteiger partial charge >= 0.3 is 5.97 Å². The summed E-state index contributed by atoms with van der Waals surface area (Å²) < 4.78 is 2.26. The van der Waals surface area contributed by atoms with E-state index < -0.39 is 5.97 Å². The van der Waals surface area contributed by atoms with Crippen molar-refractivity contribution < 1.29 is 9.90 Å². The van der Waals surface area contributed by atoms with Crippen LogP contribution >= 0.6 is 0 Å². The van der Waals surface area contributed by atoms with Crippen molar-refractivity contribution in [2.75, 3.05) is 0 Å². The van der Waals surface area contributed by atoms with Gasteiger partial charge in [-0.05, 0) is 53.3 Å². The van der Waals surface area contributed by atoms with Crippen LogP contribution in [0.15, 0.2) is 42.5 Å². The first-order valence-electron chi connectivity index (χ1n) is 11.1. The summed E-state index contributed by atoms with van der Waals surface area (Å²) in [4.78, 5) is 11.8. The van der Waals surface area contributed by atoms with E-state index in [0.717, 1.165) is 22.0 Å². The highest BCUT2D eigenvalue weighted by Crippen LogP contribution is 2.46. The van der Waals surface area contributed by atoms with Crippen molar-refractivity contribution in [3.8, 4) is 11.3 Å². The maximum atomic E-state index is 11.8. The number of carboxylic acid groups (broad SMARTS) is 1. The summed E-state index contributed by atoms with van der Waals surface area (Å²) in [6.45, 7) is 0.551. The average Bonchev–Trinajstić information content (AvgIpc) is 3.42. The Hall–Kier alpha value is -3.74. The van der Waals surface area contributed by atoms with Crippen molar-refractivity contribution in [2.45, 2.75) is 44.6 Å². The molecule has 0 bridgehead atoms. The fraction of sp³-hybridized carbons (Fsp3) is 0.280. The minimum atomic E-state index is -0.912. The number of aromatic amines is 1. The summed E-state index contributed by atoms with van der Waals surface area (Å²) in [6, 6.07) is 14.0. The number of hydrogen-bond acceptors (Lipinski definition) is 4. The molecule has 2 aromatic heterocycles. The smallest absolute Gasteiger partial charge is 0.335 e. The Morgan fingerprint density at radius 2 is 1.94 bits per heavy atom. The second kappa shape index (κ2) is 7.44. The predicted octanol–water partition coefficient (Wildman–Crippen LogP) is 5.12. The molecule has 160 valence electrons. The summed E-state index contributed by atoms with van der Waals surface area (Å²) in [5, 5.41) is 25.6. The van der Waals surface area contributed by atoms with Gasteiger partial charge < -0.3 is 9.67 Å². The maximum absolute atomic E-state index is 11.8. The van der Waals surface area contributed by atoms with Crippen molar-refractivity contribution >= 4 is 28.5 Å². The Bertz CT molecular complexity index is 1360. The zero-order chi connectivity index (χ0) is 21.7. The third-order valence-electron chi connectivity index (χ3n) is 6.87. The molecular formula is C25H23N5O2. The van der Waals surface area contributed by atoms with E-state index in [2.05, 4.69) is 49.5 Å². The molecule has 0 amide bonds. The molecule has 1 aliphatic carbocycles. The van der Waals surface area contributed by atoms with Gasteiger partial charge in [-0.2, -0.15) is 5.21 Å². The van der Waals surface area contributed by atoms with Crippen LogP contribution in [0.1, 0.15) is 65.3 Å². The van der Waals surface area contributed by atoms with Gasteiger partial charge in [-0.3, -0.25) is 0 Å². The number of allylic oxidation sites excluding steroid dienone is 1. The molecule has 32 heavy (non-hydrogen) atoms. The molecule has 2 aliphatic rings. The maximum Gasteiger partial charge on any atom is 0.335 e. The number of nitrogens with zero attached hydrogens (tertiary/aromatic N) is 4. The number of benzene rings is 2. The number of carboxylic acids is 1. The Balaban J connectivity index is 1.69. The van der Waals surface area contributed by atoms with Crippen LogP contribution in [0.5, 0.6) is 0 Å². The third kappa shape index (κ3) is 2.96. The van der Waals surface area contributed by atoms with Crippen LogP contribution in [0.2, 0.25) is 0 Å². The van der Waals surface area contributed by atoms with Gasteiger partial charge in [0.05, 0.1) is 17.8 Å². The number of hydrogen-bond donors (Lipinski definition) is 2. The lowest BCUT2D eigenvalue weighted by molar-refractivity contribution is 0.0697. The van der Waals surface area contributed by atoms with Gasteiger partial charge in [0.25, 0.3) is 0 Å². The van der Waals surface area contributed by atoms with E-state index in [1.54, 1.807) is 6.07 Å². The zero-order valence-corrected chi connectivity index (χ0v) is 17.6. The first kappa shape index (κ1) is 19.0. The molecule has 0 radical (unpaired) electrons. The van der Waals surface area contributed by atoms with Crippen LogP contribution in [0.3, 0.4) is 0 Å². The van der Waals surface area contributed by atoms with Crippen LogP contribution in [0.25, 0.3) is 33.8 Å². The summed E-state index contributed by atoms with van der Waals surface area (Å²) in [5.74, 6) is 0.116. The average molecular weight is 425 g/mol. The largest absolute Gasteiger partial charge is 0.478 e. The molecule has 2 aromatic carbocycles. The summed E-state index contributed by atoms with van der Waals surface area (Å²) in [7, 11) is 0. The van der Waals surface area contributed by atoms with E-state index >= 15 is 0 Å². The van der Waals surface area contributed by atoms with Crippen molar-refractivity contribution in [2.24, 2.45) is 0 Å². The second-order valence-electron chi connectivity index (χ2n) is 8.71. The van der Waals surface area contributed by atoms with Gasteiger partial charge in [-0.25, -0.2) is 4.79 Å². The van der Waals surface area contributed by atoms with Crippen LogP contribution in [-0.2, 0) is 6.54 Å². The second-order valence-corrected chi connectivity index (χ2v) is 8.71. The van der Waals surface area contributed by atoms with Gasteiger partial charge in [0, 0.05) is 22.0 Å². The van der Waals surface area contributed by atoms with E-state index in [0.29, 0.717) is 23.9 Å². The fourth-order valence-corrected chi connectivity index (χ4v) is 5.44. The normalized spacial score (nSPS) is 16.3. The number of nitrogens with one attached hydrogen (secondary N) is 1. The summed E-state index contributed by atoms with van der Waals surface area (Å²) in [5.41, 5.74) is 7.02. The molecule has 1 fully saturated rings. The highest BCUT2D eigenvalue weighted by atomic mass is 16.4. The van der Waals surface area contributed by atoms with Crippen molar-refractivity contribution in [3.05, 3.63) is 65.0 Å². The van der Waals surface area contributed by atoms with Crippen LogP contribution in [0, 0.1) is 0 Å². The topological polar surface area (TPSA) is 96.7 Å². The molecule has 0 atom stereocenters. The molecule has 2 N–H and O–H groups in total. The molecule has 7 nitrogen and oxygen atoms in total. The van der Waals surface area contributed by atoms with E-state index in [4.69, 9.17) is 0 Å². The molecular weight excluding hydrogens is 402 g/mol. The number of tetrazole rings is 1. The Morgan fingerprint density at radius 1 is 1.09 bits per heavy atom. The van der Waals surface area contributed by atoms with E-state index in [9.17, 15) is 9.90 Å². The third-order valence-corrected chi connectivity index (χ3v) is 6.87. The lowest BCUT2D eigenvalue weighted by Crippen LogP contribution is -2.07. The first-order valence-corrected chi connectivity index (χ1v) is 11.1. The Labute approximate surface area is 184 Å². The summed E-state index contributed by atoms with van der Waals surface area (Å²) >= 11 is 0. The molecule has 0 unspecified atom stereocenters. The SMILES string of the molecule is O=C(O)c1ccc2c(C3CCCCC3)c3n(c2c1)CC(c1nn[nH]n1)=Cc1ccccc1-3. The monoisotopic (exact) mass is 425 g/mol. The molecule has 3 heterocycles. The molecule has 4 aromatic rings. The quantitative estimate of drug-likeness (QED) is 0.475. The lowest BCUT2D eigenvalue weighted by atomic mass is 9.81. The van der Waals surface area contributed by atoms with Gasteiger partial charge in [0.1, 0.15) is 0 Å². The van der Waals surface area contributed by atoms with E-state index in [-0.39, 0.29) is 0 Å². The number of rotatable bonds is 3. The zero-order valence-electron chi connectivity index (χ0n) is 17.6. The van der Waals surface area contributed by atoms with E-state index in [1.807, 2.05) is 18.2 Å². The van der Waals surface area contributed by atoms with Crippen molar-refractivity contribution in [1.29, 1.82) is 0 Å². The Kier molecular flexibility index (Phi) is 4.41. The minimum absolute atomic E-state index is 0.301. The molecule has 6 rings (SSSR count). The van der Waals surface area contributed by atoms with Crippen LogP contribution in [-0.4, -0.2) is 36.3 Å². The lowest BCUT2D eigenvalue weighted by Gasteiger charge is -2.24. The molecule has 1 aliphatic heterocycles. The highest BCUT2D eigenvalue weighted by Gasteiger charge is 2.29. The standard InChI is InChI=1S/C25H23N5O2/c31-25(32)17-10-11-20-21(13-17)30-14-18(24-26-28-29-27-24)12-16-8-4-5-9-19(16)23(30)22(20)15-6-2-1-3-7-15/h4-5,8-13,15H,1-3,6-7,14H2,(H,31,32)(H,26,27,28,29). The van der Waals surface area contributed by atoms with Gasteiger partial charge in [-0.1, -0.05) is 49.6 Å². The summed E-state index contributed by atoms with van der Waals surface area (Å²) in [6.07, 6.45) is 8.22. The fourth-order valence-electron chi connectivity index (χ4n) is 5.44. The molecule has 7 heteroatoms. The number of H-pyrrole nitrogens is 1. The van der Waals surface area contributed by atoms with Crippen molar-refractivity contribution in [3.63, 3.8) is 0 Å². The minimum Gasteiger partial charge on any atom is -0.478 e. The molecule has 0 saturated heterocycles. The van der Waals surface area contributed by atoms with Crippen LogP contribution in [0.4, 0.5) is 0 Å². The van der Waals surface area contributed by atoms with Gasteiger partial charge in [0.15, 0.2) is 0 Å². The van der Waals surface area contributed by atoms with Crippen molar-refractivity contribution in [1.82, 2.24) is 25.2 Å². The predicted molar refractivity (Wildman–Crippen MR) is 122 cm³/mol. The van der Waals surface area contributed by atoms with E-state index in [1.165, 1.54) is 48.9 Å². The molecule has 0 spiro atoms. The number of fused-ring (bicyclic) bond motifs is 5. The number of aromatic nitrogens is 5. The van der Waals surface area contributed by atoms with Gasteiger partial charge in [0.2, 0.25) is 5.82 Å². The molecule has 1 saturated carbocycles. The number of carbonyl (C=O) groups is 1. The van der Waals surface area contributed by atoms with Crippen LogP contribution < -0.4 is 0 Å².